The average Bonchev–Trinajstić information content (AvgIpc) is 2.53. The summed E-state index contributed by atoms with van der Waals surface area (Å²) in [7, 11) is 3.28. The van der Waals surface area contributed by atoms with Crippen LogP contribution in [0.3, 0.4) is 0 Å². The van der Waals surface area contributed by atoms with Crippen LogP contribution in [0.2, 0.25) is 0 Å². The fourth-order valence-electron chi connectivity index (χ4n) is 4.61. The second-order valence-electron chi connectivity index (χ2n) is 7.78. The van der Waals surface area contributed by atoms with Gasteiger partial charge in [0.05, 0.1) is 6.07 Å². The number of nitriles is 1. The minimum absolute atomic E-state index is 0.110. The Balaban J connectivity index is 2.43. The first-order chi connectivity index (χ1) is 9.99. The Kier molecular flexibility index (Phi) is 3.77. The van der Waals surface area contributed by atoms with Crippen molar-refractivity contribution >= 4 is 11.9 Å². The third-order valence-corrected chi connectivity index (χ3v) is 5.28. The van der Waals surface area contributed by atoms with Crippen LogP contribution in [0.15, 0.2) is 0 Å². The van der Waals surface area contributed by atoms with Gasteiger partial charge in [-0.05, 0) is 40.5 Å². The molecule has 0 aromatic rings. The van der Waals surface area contributed by atoms with Crippen LogP contribution in [0.5, 0.6) is 0 Å². The van der Waals surface area contributed by atoms with E-state index >= 15 is 0 Å². The SMILES string of the molecule is CN1C(=O)N(C)C2(CC(C)(C)N(CCC#N)C(C)(C)C2)C1=O. The molecule has 0 radical (unpaired) electrons. The molecule has 0 unspecified atom stereocenters. The number of carbonyl (C=O) groups excluding carboxylic acids is 2. The number of likely N-dealkylation sites (N-methyl/N-ethyl adjacent to an activating group) is 2. The maximum Gasteiger partial charge on any atom is 0.327 e. The number of hydrogen-bond donors (Lipinski definition) is 0. The first kappa shape index (κ1) is 16.8. The van der Waals surface area contributed by atoms with Crippen molar-refractivity contribution < 1.29 is 9.59 Å². The highest BCUT2D eigenvalue weighted by atomic mass is 16.2. The molecule has 122 valence electrons. The van der Waals surface area contributed by atoms with E-state index in [-0.39, 0.29) is 23.0 Å². The molecule has 0 atom stereocenters. The number of imide groups is 1. The number of urea groups is 1. The highest BCUT2D eigenvalue weighted by Crippen LogP contribution is 2.48. The third kappa shape index (κ3) is 2.19. The zero-order valence-corrected chi connectivity index (χ0v) is 14.4. The number of rotatable bonds is 2. The largest absolute Gasteiger partial charge is 0.327 e. The average molecular weight is 306 g/mol. The van der Waals surface area contributed by atoms with Gasteiger partial charge in [0.1, 0.15) is 5.54 Å². The normalized spacial score (nSPS) is 26.6. The highest BCUT2D eigenvalue weighted by molar-refractivity contribution is 6.06. The molecular weight excluding hydrogens is 280 g/mol. The minimum atomic E-state index is -0.776. The van der Waals surface area contributed by atoms with Gasteiger partial charge < -0.3 is 4.90 Å². The molecule has 3 amide bonds. The van der Waals surface area contributed by atoms with E-state index < -0.39 is 5.54 Å². The van der Waals surface area contributed by atoms with Gasteiger partial charge in [0.15, 0.2) is 0 Å². The third-order valence-electron chi connectivity index (χ3n) is 5.28. The fraction of sp³-hybridized carbons (Fsp3) is 0.812. The van der Waals surface area contributed by atoms with Gasteiger partial charge in [-0.3, -0.25) is 14.6 Å². The van der Waals surface area contributed by atoms with Crippen LogP contribution in [-0.4, -0.2) is 63.9 Å². The van der Waals surface area contributed by atoms with Crippen LogP contribution in [0.4, 0.5) is 4.79 Å². The quantitative estimate of drug-likeness (QED) is 0.730. The van der Waals surface area contributed by atoms with E-state index in [4.69, 9.17) is 5.26 Å². The van der Waals surface area contributed by atoms with Crippen LogP contribution < -0.4 is 0 Å². The van der Waals surface area contributed by atoms with Gasteiger partial charge in [-0.25, -0.2) is 4.79 Å². The van der Waals surface area contributed by atoms with Crippen molar-refractivity contribution in [2.24, 2.45) is 0 Å². The molecule has 22 heavy (non-hydrogen) atoms. The number of nitrogens with zero attached hydrogens (tertiary/aromatic N) is 4. The molecular formula is C16H26N4O2. The molecule has 6 heteroatoms. The topological polar surface area (TPSA) is 67.7 Å². The molecule has 2 rings (SSSR count). The Labute approximate surface area is 132 Å². The number of likely N-dealkylation sites (tertiary alicyclic amines) is 1. The summed E-state index contributed by atoms with van der Waals surface area (Å²) < 4.78 is 0. The lowest BCUT2D eigenvalue weighted by Crippen LogP contribution is -2.69. The van der Waals surface area contributed by atoms with Crippen molar-refractivity contribution in [3.63, 3.8) is 0 Å². The number of amides is 3. The van der Waals surface area contributed by atoms with Crippen LogP contribution in [0.25, 0.3) is 0 Å². The molecule has 0 N–H and O–H groups in total. The predicted octanol–water partition coefficient (Wildman–Crippen LogP) is 1.82. The zero-order chi connectivity index (χ0) is 16.9. The Hall–Kier alpha value is -1.61. The molecule has 2 aliphatic heterocycles. The van der Waals surface area contributed by atoms with Crippen LogP contribution in [0, 0.1) is 11.3 Å². The number of piperidine rings is 1. The maximum atomic E-state index is 12.8. The standard InChI is InChI=1S/C16H26N4O2/c1-14(2)10-16(12(21)18(5)13(22)19(16)6)11-15(3,4)20(14)9-7-8-17/h7,9-11H2,1-6H3. The summed E-state index contributed by atoms with van der Waals surface area (Å²) in [6.07, 6.45) is 1.63. The van der Waals surface area contributed by atoms with Crippen molar-refractivity contribution in [2.75, 3.05) is 20.6 Å². The van der Waals surface area contributed by atoms with E-state index in [2.05, 4.69) is 38.7 Å². The van der Waals surface area contributed by atoms with E-state index in [1.54, 1.807) is 19.0 Å². The molecule has 0 aliphatic carbocycles. The molecule has 0 aromatic carbocycles. The van der Waals surface area contributed by atoms with Gasteiger partial charge >= 0.3 is 6.03 Å². The lowest BCUT2D eigenvalue weighted by atomic mass is 9.68. The molecule has 0 saturated carbocycles. The Bertz CT molecular complexity index is 529. The van der Waals surface area contributed by atoms with E-state index in [1.165, 1.54) is 4.90 Å². The Morgan fingerprint density at radius 3 is 1.95 bits per heavy atom. The van der Waals surface area contributed by atoms with Crippen molar-refractivity contribution in [2.45, 2.75) is 63.6 Å². The molecule has 1 spiro atoms. The van der Waals surface area contributed by atoms with Gasteiger partial charge in [-0.15, -0.1) is 0 Å². The zero-order valence-electron chi connectivity index (χ0n) is 14.4. The van der Waals surface area contributed by atoms with Crippen molar-refractivity contribution in [3.8, 4) is 6.07 Å². The van der Waals surface area contributed by atoms with Crippen molar-refractivity contribution in [1.29, 1.82) is 5.26 Å². The second kappa shape index (κ2) is 4.95. The van der Waals surface area contributed by atoms with Gasteiger partial charge in [0.2, 0.25) is 0 Å². The molecule has 0 aromatic heterocycles. The summed E-state index contributed by atoms with van der Waals surface area (Å²) in [5.74, 6) is -0.110. The van der Waals surface area contributed by atoms with Gasteiger partial charge in [0, 0.05) is 38.1 Å². The molecule has 2 fully saturated rings. The summed E-state index contributed by atoms with van der Waals surface area (Å²) in [5, 5.41) is 8.91. The number of carbonyl (C=O) groups is 2. The number of hydrogen-bond acceptors (Lipinski definition) is 4. The summed E-state index contributed by atoms with van der Waals surface area (Å²) >= 11 is 0. The summed E-state index contributed by atoms with van der Waals surface area (Å²) in [4.78, 5) is 30.2. The van der Waals surface area contributed by atoms with Crippen LogP contribution >= 0.6 is 0 Å². The van der Waals surface area contributed by atoms with Gasteiger partial charge in [-0.1, -0.05) is 0 Å². The van der Waals surface area contributed by atoms with E-state index in [9.17, 15) is 9.59 Å². The lowest BCUT2D eigenvalue weighted by Gasteiger charge is -2.59. The molecule has 2 aliphatic rings. The Morgan fingerprint density at radius 1 is 1.09 bits per heavy atom. The van der Waals surface area contributed by atoms with Crippen LogP contribution in [-0.2, 0) is 4.79 Å². The molecule has 2 saturated heterocycles. The smallest absolute Gasteiger partial charge is 0.312 e. The summed E-state index contributed by atoms with van der Waals surface area (Å²) in [5.41, 5.74) is -1.32. The van der Waals surface area contributed by atoms with E-state index in [1.807, 2.05) is 0 Å². The van der Waals surface area contributed by atoms with Crippen LogP contribution in [0.1, 0.15) is 47.0 Å². The lowest BCUT2D eigenvalue weighted by molar-refractivity contribution is -0.145. The van der Waals surface area contributed by atoms with E-state index in [0.29, 0.717) is 25.8 Å². The van der Waals surface area contributed by atoms with Gasteiger partial charge in [-0.2, -0.15) is 5.26 Å². The highest BCUT2D eigenvalue weighted by Gasteiger charge is 2.63. The first-order valence-electron chi connectivity index (χ1n) is 7.70. The first-order valence-corrected chi connectivity index (χ1v) is 7.70. The summed E-state index contributed by atoms with van der Waals surface area (Å²) in [6, 6.07) is 1.97. The maximum absolute atomic E-state index is 12.8. The van der Waals surface area contributed by atoms with E-state index in [0.717, 1.165) is 0 Å². The second-order valence-corrected chi connectivity index (χ2v) is 7.78. The fourth-order valence-corrected chi connectivity index (χ4v) is 4.61. The monoisotopic (exact) mass is 306 g/mol. The van der Waals surface area contributed by atoms with Gasteiger partial charge in [0.25, 0.3) is 5.91 Å². The molecule has 0 bridgehead atoms. The van der Waals surface area contributed by atoms with Crippen molar-refractivity contribution in [3.05, 3.63) is 0 Å². The molecule has 2 heterocycles. The molecule has 6 nitrogen and oxygen atoms in total. The van der Waals surface area contributed by atoms with Crippen molar-refractivity contribution in [1.82, 2.24) is 14.7 Å². The minimum Gasteiger partial charge on any atom is -0.312 e. The summed E-state index contributed by atoms with van der Waals surface area (Å²) in [6.45, 7) is 9.05. The predicted molar refractivity (Wildman–Crippen MR) is 83.0 cm³/mol. The Morgan fingerprint density at radius 2 is 1.59 bits per heavy atom.